The monoisotopic (exact) mass is 276 g/mol. The van der Waals surface area contributed by atoms with Gasteiger partial charge < -0.3 is 4.74 Å². The van der Waals surface area contributed by atoms with Crippen molar-refractivity contribution >= 4 is 11.9 Å². The molecule has 0 aliphatic carbocycles. The average molecular weight is 276 g/mol. The molecule has 0 aliphatic heterocycles. The third-order valence-electron chi connectivity index (χ3n) is 2.37. The Kier molecular flexibility index (Phi) is 4.43. The summed E-state index contributed by atoms with van der Waals surface area (Å²) in [6.45, 7) is 1.99. The maximum atomic E-state index is 12.8. The number of amides is 1. The van der Waals surface area contributed by atoms with Gasteiger partial charge in [0.15, 0.2) is 5.82 Å². The fourth-order valence-electron chi connectivity index (χ4n) is 1.46. The fraction of sp³-hybridized carbons (Fsp3) is 0.154. The first-order chi connectivity index (χ1) is 9.69. The third-order valence-corrected chi connectivity index (χ3v) is 2.37. The molecular weight excluding hydrogens is 263 g/mol. The number of ether oxygens (including phenoxy) is 1. The number of halogens is 1. The Morgan fingerprint density at radius 1 is 1.20 bits per heavy atom. The van der Waals surface area contributed by atoms with Crippen molar-refractivity contribution < 1.29 is 13.9 Å². The number of nitrogens with zero attached hydrogens (tertiary/aromatic N) is 2. The smallest absolute Gasteiger partial charge is 0.425 e. The molecule has 7 heteroatoms. The van der Waals surface area contributed by atoms with Crippen LogP contribution < -0.4 is 10.9 Å². The molecule has 0 atom stereocenters. The lowest BCUT2D eigenvalue weighted by Crippen LogP contribution is -2.30. The third kappa shape index (κ3) is 3.64. The van der Waals surface area contributed by atoms with Crippen LogP contribution in [0.3, 0.4) is 0 Å². The number of nitrogens with one attached hydrogen (secondary N) is 2. The maximum absolute atomic E-state index is 12.8. The highest BCUT2D eigenvalue weighted by Crippen LogP contribution is 2.17. The van der Waals surface area contributed by atoms with E-state index in [9.17, 15) is 9.18 Å². The van der Waals surface area contributed by atoms with Crippen LogP contribution in [-0.2, 0) is 4.74 Å². The van der Waals surface area contributed by atoms with E-state index in [-0.39, 0.29) is 12.4 Å². The minimum absolute atomic E-state index is 0.280. The second-order valence-corrected chi connectivity index (χ2v) is 3.78. The topological polar surface area (TPSA) is 76.1 Å². The van der Waals surface area contributed by atoms with Crippen molar-refractivity contribution in [1.29, 1.82) is 0 Å². The van der Waals surface area contributed by atoms with Crippen LogP contribution in [0.1, 0.15) is 6.92 Å². The van der Waals surface area contributed by atoms with Gasteiger partial charge in [0, 0.05) is 5.56 Å². The quantitative estimate of drug-likeness (QED) is 0.838. The standard InChI is InChI=1S/C13H13FN4O2/c1-2-20-13(19)18-17-12-8-7-11(15-16-12)9-3-5-10(14)6-4-9/h3-8H,2H2,1H3,(H,16,17)(H,18,19). The molecule has 1 aromatic heterocycles. The zero-order valence-corrected chi connectivity index (χ0v) is 10.8. The van der Waals surface area contributed by atoms with Gasteiger partial charge in [0.2, 0.25) is 0 Å². The normalized spacial score (nSPS) is 9.90. The van der Waals surface area contributed by atoms with Crippen LogP contribution >= 0.6 is 0 Å². The van der Waals surface area contributed by atoms with Gasteiger partial charge in [0.05, 0.1) is 12.3 Å². The van der Waals surface area contributed by atoms with Crippen LogP contribution in [0.4, 0.5) is 15.0 Å². The first-order valence-corrected chi connectivity index (χ1v) is 5.97. The maximum Gasteiger partial charge on any atom is 0.425 e. The molecule has 1 heterocycles. The first kappa shape index (κ1) is 13.7. The van der Waals surface area contributed by atoms with Gasteiger partial charge in [-0.3, -0.25) is 5.43 Å². The molecule has 2 N–H and O–H groups in total. The lowest BCUT2D eigenvalue weighted by Gasteiger charge is -2.07. The summed E-state index contributed by atoms with van der Waals surface area (Å²) in [5, 5.41) is 7.86. The number of hydrogen-bond donors (Lipinski definition) is 2. The highest BCUT2D eigenvalue weighted by Gasteiger charge is 2.03. The largest absolute Gasteiger partial charge is 0.449 e. The molecular formula is C13H13FN4O2. The molecule has 0 unspecified atom stereocenters. The molecule has 0 radical (unpaired) electrons. The molecule has 104 valence electrons. The van der Waals surface area contributed by atoms with Gasteiger partial charge in [-0.15, -0.1) is 10.2 Å². The van der Waals surface area contributed by atoms with Crippen LogP contribution in [0.2, 0.25) is 0 Å². The second kappa shape index (κ2) is 6.46. The summed E-state index contributed by atoms with van der Waals surface area (Å²) in [4.78, 5) is 11.1. The molecule has 0 fully saturated rings. The molecule has 2 rings (SSSR count). The average Bonchev–Trinajstić information content (AvgIpc) is 2.47. The fourth-order valence-corrected chi connectivity index (χ4v) is 1.46. The van der Waals surface area contributed by atoms with E-state index in [4.69, 9.17) is 0 Å². The number of rotatable bonds is 4. The Bertz CT molecular complexity index is 572. The van der Waals surface area contributed by atoms with Crippen molar-refractivity contribution in [3.8, 4) is 11.3 Å². The minimum Gasteiger partial charge on any atom is -0.449 e. The summed E-state index contributed by atoms with van der Waals surface area (Å²) in [7, 11) is 0. The number of anilines is 1. The van der Waals surface area contributed by atoms with E-state index in [0.29, 0.717) is 11.5 Å². The van der Waals surface area contributed by atoms with Gasteiger partial charge in [-0.1, -0.05) is 0 Å². The van der Waals surface area contributed by atoms with Gasteiger partial charge in [-0.25, -0.2) is 14.6 Å². The van der Waals surface area contributed by atoms with E-state index in [0.717, 1.165) is 5.56 Å². The van der Waals surface area contributed by atoms with E-state index in [1.165, 1.54) is 12.1 Å². The van der Waals surface area contributed by atoms with Crippen LogP contribution in [-0.4, -0.2) is 22.9 Å². The van der Waals surface area contributed by atoms with Crippen molar-refractivity contribution in [2.75, 3.05) is 12.0 Å². The Labute approximate surface area is 115 Å². The number of hydrazine groups is 1. The predicted molar refractivity (Wildman–Crippen MR) is 71.2 cm³/mol. The van der Waals surface area contributed by atoms with Gasteiger partial charge in [-0.2, -0.15) is 0 Å². The Hall–Kier alpha value is -2.70. The van der Waals surface area contributed by atoms with Crippen LogP contribution in [0.15, 0.2) is 36.4 Å². The summed E-state index contributed by atoms with van der Waals surface area (Å²) >= 11 is 0. The van der Waals surface area contributed by atoms with Gasteiger partial charge >= 0.3 is 6.09 Å². The molecule has 6 nitrogen and oxygen atoms in total. The zero-order chi connectivity index (χ0) is 14.4. The summed E-state index contributed by atoms with van der Waals surface area (Å²) in [6.07, 6.45) is -0.600. The summed E-state index contributed by atoms with van der Waals surface area (Å²) in [5.74, 6) is 0.0579. The first-order valence-electron chi connectivity index (χ1n) is 5.97. The van der Waals surface area contributed by atoms with E-state index in [1.54, 1.807) is 31.2 Å². The number of aromatic nitrogens is 2. The van der Waals surface area contributed by atoms with Crippen molar-refractivity contribution in [3.63, 3.8) is 0 Å². The molecule has 1 aromatic carbocycles. The lowest BCUT2D eigenvalue weighted by atomic mass is 10.1. The predicted octanol–water partition coefficient (Wildman–Crippen LogP) is 2.36. The van der Waals surface area contributed by atoms with Crippen molar-refractivity contribution in [1.82, 2.24) is 15.6 Å². The molecule has 2 aromatic rings. The molecule has 1 amide bonds. The van der Waals surface area contributed by atoms with Crippen molar-refractivity contribution in [2.24, 2.45) is 0 Å². The molecule has 0 aliphatic rings. The van der Waals surface area contributed by atoms with E-state index < -0.39 is 6.09 Å². The Morgan fingerprint density at radius 3 is 2.55 bits per heavy atom. The molecule has 0 spiro atoms. The lowest BCUT2D eigenvalue weighted by molar-refractivity contribution is 0.154. The number of carbonyl (C=O) groups excluding carboxylic acids is 1. The summed E-state index contributed by atoms with van der Waals surface area (Å²) < 4.78 is 17.5. The molecule has 20 heavy (non-hydrogen) atoms. The van der Waals surface area contributed by atoms with Gasteiger partial charge in [0.25, 0.3) is 0 Å². The van der Waals surface area contributed by atoms with E-state index >= 15 is 0 Å². The molecule has 0 bridgehead atoms. The van der Waals surface area contributed by atoms with E-state index in [2.05, 4.69) is 25.8 Å². The molecule has 0 saturated carbocycles. The minimum atomic E-state index is -0.600. The van der Waals surface area contributed by atoms with Crippen LogP contribution in [0.25, 0.3) is 11.3 Å². The second-order valence-electron chi connectivity index (χ2n) is 3.78. The number of hydrogen-bond acceptors (Lipinski definition) is 5. The Morgan fingerprint density at radius 2 is 1.95 bits per heavy atom. The van der Waals surface area contributed by atoms with Crippen LogP contribution in [0, 0.1) is 5.82 Å². The van der Waals surface area contributed by atoms with Gasteiger partial charge in [0.1, 0.15) is 5.82 Å². The number of benzene rings is 1. The van der Waals surface area contributed by atoms with Gasteiger partial charge in [-0.05, 0) is 43.3 Å². The van der Waals surface area contributed by atoms with Crippen molar-refractivity contribution in [2.45, 2.75) is 6.92 Å². The highest BCUT2D eigenvalue weighted by molar-refractivity contribution is 5.69. The molecule has 0 saturated heterocycles. The SMILES string of the molecule is CCOC(=O)NNc1ccc(-c2ccc(F)cc2)nn1. The van der Waals surface area contributed by atoms with E-state index in [1.807, 2.05) is 0 Å². The zero-order valence-electron chi connectivity index (χ0n) is 10.8. The number of carbonyl (C=O) groups is 1. The van der Waals surface area contributed by atoms with Crippen LogP contribution in [0.5, 0.6) is 0 Å². The Balaban J connectivity index is 1.99. The summed E-state index contributed by atoms with van der Waals surface area (Å²) in [6, 6.07) is 9.27. The summed E-state index contributed by atoms with van der Waals surface area (Å²) in [5.41, 5.74) is 6.22. The van der Waals surface area contributed by atoms with Crippen molar-refractivity contribution in [3.05, 3.63) is 42.2 Å². The highest BCUT2D eigenvalue weighted by atomic mass is 19.1.